The van der Waals surface area contributed by atoms with Gasteiger partial charge in [-0.15, -0.1) is 0 Å². The topological polar surface area (TPSA) is 170 Å². The Balaban J connectivity index is 1.65. The van der Waals surface area contributed by atoms with Gasteiger partial charge in [-0.2, -0.15) is 9.97 Å². The van der Waals surface area contributed by atoms with Gasteiger partial charge in [-0.05, 0) is 27.2 Å². The lowest BCUT2D eigenvalue weighted by atomic mass is 10.00. The summed E-state index contributed by atoms with van der Waals surface area (Å²) in [4.78, 5) is 37.3. The van der Waals surface area contributed by atoms with Gasteiger partial charge in [-0.25, -0.2) is 14.6 Å². The van der Waals surface area contributed by atoms with Crippen LogP contribution in [-0.2, 0) is 27.9 Å². The van der Waals surface area contributed by atoms with E-state index in [9.17, 15) is 14.2 Å². The monoisotopic (exact) mass is 598 g/mol. The Kier molecular flexibility index (Phi) is 10.8. The zero-order valence-electron chi connectivity index (χ0n) is 23.9. The average Bonchev–Trinajstić information content (AvgIpc) is 3.50. The van der Waals surface area contributed by atoms with Crippen molar-refractivity contribution < 1.29 is 32.7 Å². The molecule has 2 aromatic heterocycles. The van der Waals surface area contributed by atoms with Crippen LogP contribution in [0.25, 0.3) is 11.2 Å². The lowest BCUT2D eigenvalue weighted by molar-refractivity contribution is -0.149. The first-order chi connectivity index (χ1) is 18.7. The second-order valence-electron chi connectivity index (χ2n) is 10.7. The summed E-state index contributed by atoms with van der Waals surface area (Å²) in [6, 6.07) is -1.05. The first-order valence-corrected chi connectivity index (χ1v) is 15.5. The molecule has 0 bridgehead atoms. The molecule has 0 aromatic carbocycles. The molecule has 0 radical (unpaired) electrons. The number of thioether (sulfide) groups is 1. The number of aromatic nitrogens is 4. The highest BCUT2D eigenvalue weighted by molar-refractivity contribution is 8.13. The lowest BCUT2D eigenvalue weighted by Gasteiger charge is -2.24. The van der Waals surface area contributed by atoms with Crippen LogP contribution < -0.4 is 15.6 Å². The zero-order chi connectivity index (χ0) is 29.7. The first-order valence-electron chi connectivity index (χ1n) is 13.0. The molecule has 3 N–H and O–H groups in total. The predicted molar refractivity (Wildman–Crippen MR) is 153 cm³/mol. The quantitative estimate of drug-likeness (QED) is 0.147. The van der Waals surface area contributed by atoms with Gasteiger partial charge in [-0.3, -0.25) is 18.6 Å². The fourth-order valence-corrected chi connectivity index (χ4v) is 6.24. The molecule has 4 atom stereocenters. The van der Waals surface area contributed by atoms with Gasteiger partial charge < -0.3 is 19.8 Å². The SMILES string of the molecule is COc1nc(N)nc2c1ncn2[C@H]1C=C[C@@H](COP(=O)(N[C@@H](C)C(=O)OC(C)C)OCCSC(=O)C(C)(C)C)C1. The summed E-state index contributed by atoms with van der Waals surface area (Å²) in [7, 11) is -2.46. The number of rotatable bonds is 13. The highest BCUT2D eigenvalue weighted by atomic mass is 32.2. The van der Waals surface area contributed by atoms with Crippen molar-refractivity contribution in [2.24, 2.45) is 11.3 Å². The van der Waals surface area contributed by atoms with E-state index in [1.165, 1.54) is 14.0 Å². The van der Waals surface area contributed by atoms with E-state index in [4.69, 9.17) is 24.3 Å². The van der Waals surface area contributed by atoms with Crippen LogP contribution in [0.2, 0.25) is 0 Å². The fraction of sp³-hybridized carbons (Fsp3) is 0.640. The van der Waals surface area contributed by atoms with Gasteiger partial charge in [0.15, 0.2) is 16.3 Å². The van der Waals surface area contributed by atoms with Crippen molar-refractivity contribution in [2.45, 2.75) is 66.2 Å². The van der Waals surface area contributed by atoms with Gasteiger partial charge >= 0.3 is 13.7 Å². The maximum atomic E-state index is 13.7. The Hall–Kier alpha value is -2.51. The molecule has 0 saturated carbocycles. The lowest BCUT2D eigenvalue weighted by Crippen LogP contribution is -2.36. The number of nitrogen functional groups attached to an aromatic ring is 1. The second-order valence-corrected chi connectivity index (χ2v) is 13.5. The van der Waals surface area contributed by atoms with E-state index in [0.29, 0.717) is 23.5 Å². The molecule has 1 unspecified atom stereocenters. The van der Waals surface area contributed by atoms with E-state index in [2.05, 4.69) is 20.0 Å². The molecule has 3 rings (SSSR count). The molecule has 15 heteroatoms. The number of hydrogen-bond acceptors (Lipinski definition) is 12. The van der Waals surface area contributed by atoms with E-state index in [0.717, 1.165) is 11.8 Å². The zero-order valence-corrected chi connectivity index (χ0v) is 25.7. The number of esters is 1. The molecule has 40 heavy (non-hydrogen) atoms. The smallest absolute Gasteiger partial charge is 0.406 e. The van der Waals surface area contributed by atoms with Crippen LogP contribution in [0, 0.1) is 11.3 Å². The number of methoxy groups -OCH3 is 1. The van der Waals surface area contributed by atoms with E-state index in [1.54, 1.807) is 20.2 Å². The van der Waals surface area contributed by atoms with Crippen LogP contribution in [0.1, 0.15) is 54.0 Å². The third-order valence-electron chi connectivity index (χ3n) is 5.81. The standard InChI is InChI=1S/C25H39N6O7PS/c1-15(2)38-22(32)16(3)30-39(34,36-10-11-40-23(33)25(4,5)6)37-13-17-8-9-18(12-17)31-14-27-19-20(31)28-24(26)29-21(19)35-7/h8-9,14-18H,10-13H2,1-7H3,(H,30,34)(H2,26,28,29)/t16-,17+,18-,39?/m0/s1. The predicted octanol–water partition coefficient (Wildman–Crippen LogP) is 3.91. The molecular weight excluding hydrogens is 559 g/mol. The Bertz CT molecular complexity index is 1280. The molecule has 13 nitrogen and oxygen atoms in total. The molecule has 0 spiro atoms. The van der Waals surface area contributed by atoms with Crippen molar-refractivity contribution in [3.8, 4) is 5.88 Å². The maximum absolute atomic E-state index is 13.7. The maximum Gasteiger partial charge on any atom is 0.406 e. The van der Waals surface area contributed by atoms with Crippen molar-refractivity contribution in [2.75, 3.05) is 31.8 Å². The van der Waals surface area contributed by atoms with Crippen LogP contribution in [0.3, 0.4) is 0 Å². The van der Waals surface area contributed by atoms with Crippen molar-refractivity contribution in [3.05, 3.63) is 18.5 Å². The molecule has 0 aliphatic heterocycles. The number of nitrogens with one attached hydrogen (secondary N) is 1. The third kappa shape index (κ3) is 8.50. The van der Waals surface area contributed by atoms with Crippen LogP contribution >= 0.6 is 19.5 Å². The summed E-state index contributed by atoms with van der Waals surface area (Å²) in [6.07, 6.45) is 5.86. The normalized spacial score (nSPS) is 19.6. The van der Waals surface area contributed by atoms with Crippen molar-refractivity contribution >= 4 is 47.7 Å². The van der Waals surface area contributed by atoms with Gasteiger partial charge in [-0.1, -0.05) is 44.7 Å². The van der Waals surface area contributed by atoms with Crippen LogP contribution in [0.15, 0.2) is 18.5 Å². The van der Waals surface area contributed by atoms with E-state index < -0.39 is 25.2 Å². The van der Waals surface area contributed by atoms with E-state index >= 15 is 0 Å². The summed E-state index contributed by atoms with van der Waals surface area (Å²) < 4.78 is 37.5. The van der Waals surface area contributed by atoms with Crippen molar-refractivity contribution in [3.63, 3.8) is 0 Å². The average molecular weight is 599 g/mol. The number of nitrogens with zero attached hydrogens (tertiary/aromatic N) is 4. The van der Waals surface area contributed by atoms with Crippen molar-refractivity contribution in [1.29, 1.82) is 0 Å². The number of ether oxygens (including phenoxy) is 2. The number of anilines is 1. The van der Waals surface area contributed by atoms with Crippen LogP contribution in [-0.4, -0.2) is 68.8 Å². The first kappa shape index (κ1) is 32.0. The molecule has 0 saturated heterocycles. The summed E-state index contributed by atoms with van der Waals surface area (Å²) >= 11 is 1.10. The molecule has 2 heterocycles. The van der Waals surface area contributed by atoms with Crippen LogP contribution in [0.4, 0.5) is 5.95 Å². The van der Waals surface area contributed by atoms with Gasteiger partial charge in [0.05, 0.1) is 38.8 Å². The molecule has 0 fully saturated rings. The highest BCUT2D eigenvalue weighted by Gasteiger charge is 2.33. The number of hydrogen-bond donors (Lipinski definition) is 2. The number of fused-ring (bicyclic) bond motifs is 1. The molecule has 2 aromatic rings. The number of imidazole rings is 1. The van der Waals surface area contributed by atoms with Gasteiger partial charge in [0.1, 0.15) is 6.04 Å². The largest absolute Gasteiger partial charge is 0.479 e. The minimum absolute atomic E-state index is 0.00695. The van der Waals surface area contributed by atoms with Gasteiger partial charge in [0.25, 0.3) is 0 Å². The summed E-state index contributed by atoms with van der Waals surface area (Å²) in [5, 5.41) is 2.67. The van der Waals surface area contributed by atoms with Gasteiger partial charge in [0.2, 0.25) is 11.8 Å². The molecule has 0 amide bonds. The number of carbonyl (C=O) groups excluding carboxylic acids is 2. The Morgan fingerprint density at radius 1 is 1.23 bits per heavy atom. The summed E-state index contributed by atoms with van der Waals surface area (Å²) in [6.45, 7) is 10.5. The van der Waals surface area contributed by atoms with E-state index in [1.807, 2.05) is 37.5 Å². The second kappa shape index (κ2) is 13.4. The van der Waals surface area contributed by atoms with Crippen molar-refractivity contribution in [1.82, 2.24) is 24.6 Å². The molecule has 1 aliphatic carbocycles. The molecular formula is C25H39N6O7PS. The number of nitrogens with two attached hydrogens (primary N) is 1. The Morgan fingerprint density at radius 2 is 1.95 bits per heavy atom. The van der Waals surface area contributed by atoms with Crippen LogP contribution in [0.5, 0.6) is 5.88 Å². The number of allylic oxidation sites excluding steroid dienone is 1. The minimum atomic E-state index is -3.94. The van der Waals surface area contributed by atoms with Gasteiger partial charge in [0, 0.05) is 17.1 Å². The molecule has 1 aliphatic rings. The fourth-order valence-electron chi connectivity index (χ4n) is 3.81. The summed E-state index contributed by atoms with van der Waals surface area (Å²) in [5.74, 6) is -0.0469. The number of carbonyl (C=O) groups is 2. The Morgan fingerprint density at radius 3 is 2.60 bits per heavy atom. The molecule has 222 valence electrons. The highest BCUT2D eigenvalue weighted by Crippen LogP contribution is 2.46. The minimum Gasteiger partial charge on any atom is -0.479 e. The van der Waals surface area contributed by atoms with E-state index in [-0.39, 0.29) is 48.1 Å². The third-order valence-corrected chi connectivity index (χ3v) is 8.77. The Labute approximate surface area is 238 Å². The summed E-state index contributed by atoms with van der Waals surface area (Å²) in [5.41, 5.74) is 6.37.